The Labute approximate surface area is 174 Å². The molecule has 3 heterocycles. The largest absolute Gasteiger partial charge is 0.507 e. The van der Waals surface area contributed by atoms with Gasteiger partial charge in [-0.05, 0) is 31.2 Å². The van der Waals surface area contributed by atoms with Crippen LogP contribution >= 0.6 is 0 Å². The Morgan fingerprint density at radius 3 is 2.52 bits per heavy atom. The summed E-state index contributed by atoms with van der Waals surface area (Å²) in [5.41, 5.74) is -2.04. The van der Waals surface area contributed by atoms with Crippen molar-refractivity contribution in [1.82, 2.24) is 19.5 Å². The first kappa shape index (κ1) is 20.5. The molecule has 158 valence electrons. The van der Waals surface area contributed by atoms with E-state index in [1.54, 1.807) is 0 Å². The van der Waals surface area contributed by atoms with E-state index in [1.165, 1.54) is 25.3 Å². The second kappa shape index (κ2) is 7.20. The summed E-state index contributed by atoms with van der Waals surface area (Å²) in [5, 5.41) is 10.1. The number of fused-ring (bicyclic) bond motifs is 1. The summed E-state index contributed by atoms with van der Waals surface area (Å²) >= 11 is 0. The molecule has 0 atom stereocenters. The van der Waals surface area contributed by atoms with Crippen LogP contribution in [-0.2, 0) is 9.84 Å². The molecule has 0 aliphatic rings. The number of hydrogen-bond donors (Lipinski definition) is 1. The number of benzene rings is 1. The topological polar surface area (TPSA) is 115 Å². The first-order valence-electron chi connectivity index (χ1n) is 8.82. The summed E-state index contributed by atoms with van der Waals surface area (Å²) in [6.45, 7) is 1.49. The molecule has 0 radical (unpaired) electrons. The molecule has 4 aromatic rings. The molecule has 4 rings (SSSR count). The Balaban J connectivity index is 2.18. The number of aromatic nitrogens is 4. The fourth-order valence-electron chi connectivity index (χ4n) is 3.27. The van der Waals surface area contributed by atoms with Crippen LogP contribution in [0.1, 0.15) is 5.69 Å². The molecule has 0 saturated heterocycles. The van der Waals surface area contributed by atoms with E-state index in [0.29, 0.717) is 0 Å². The fourth-order valence-corrected chi connectivity index (χ4v) is 4.17. The third kappa shape index (κ3) is 3.42. The van der Waals surface area contributed by atoms with Crippen molar-refractivity contribution < 1.29 is 22.3 Å². The smallest absolute Gasteiger partial charge is 0.353 e. The monoisotopic (exact) mass is 444 g/mol. The zero-order chi connectivity index (χ0) is 22.5. The Bertz CT molecular complexity index is 1510. The lowest BCUT2D eigenvalue weighted by Gasteiger charge is -2.15. The molecule has 0 saturated carbocycles. The van der Waals surface area contributed by atoms with Gasteiger partial charge in [-0.25, -0.2) is 36.5 Å². The van der Waals surface area contributed by atoms with Gasteiger partial charge in [-0.3, -0.25) is 4.98 Å². The van der Waals surface area contributed by atoms with Crippen LogP contribution in [0.15, 0.2) is 52.4 Å². The minimum Gasteiger partial charge on any atom is -0.507 e. The summed E-state index contributed by atoms with van der Waals surface area (Å²) in [6.07, 6.45) is 3.31. The van der Waals surface area contributed by atoms with Crippen LogP contribution in [-0.4, -0.2) is 39.3 Å². The molecule has 31 heavy (non-hydrogen) atoms. The molecule has 0 aliphatic heterocycles. The maximum atomic E-state index is 14.8. The van der Waals surface area contributed by atoms with Gasteiger partial charge in [-0.15, -0.1) is 0 Å². The number of hydrogen-bond acceptors (Lipinski definition) is 7. The summed E-state index contributed by atoms with van der Waals surface area (Å²) in [4.78, 5) is 24.3. The molecule has 3 aromatic heterocycles. The second-order valence-electron chi connectivity index (χ2n) is 6.76. The maximum Gasteiger partial charge on any atom is 0.353 e. The Morgan fingerprint density at radius 2 is 1.84 bits per heavy atom. The molecule has 0 aliphatic carbocycles. The zero-order valence-electron chi connectivity index (χ0n) is 16.2. The molecule has 0 spiro atoms. The van der Waals surface area contributed by atoms with Gasteiger partial charge in [-0.2, -0.15) is 0 Å². The average Bonchev–Trinajstić information content (AvgIpc) is 2.68. The Kier molecular flexibility index (Phi) is 4.77. The fraction of sp³-hybridized carbons (Fsp3) is 0.100. The van der Waals surface area contributed by atoms with Crippen LogP contribution in [0, 0.1) is 18.6 Å². The zero-order valence-corrected chi connectivity index (χ0v) is 17.0. The first-order chi connectivity index (χ1) is 14.6. The second-order valence-corrected chi connectivity index (χ2v) is 8.74. The van der Waals surface area contributed by atoms with Crippen molar-refractivity contribution in [1.29, 1.82) is 0 Å². The van der Waals surface area contributed by atoms with E-state index < -0.39 is 44.2 Å². The van der Waals surface area contributed by atoms with Crippen LogP contribution in [0.5, 0.6) is 5.75 Å². The van der Waals surface area contributed by atoms with Crippen LogP contribution in [0.25, 0.3) is 28.0 Å². The Hall–Kier alpha value is -3.73. The number of aromatic hydroxyl groups is 1. The highest BCUT2D eigenvalue weighted by molar-refractivity contribution is 7.90. The number of halogens is 2. The van der Waals surface area contributed by atoms with Gasteiger partial charge in [0, 0.05) is 24.0 Å². The van der Waals surface area contributed by atoms with Crippen LogP contribution in [0.4, 0.5) is 8.78 Å². The number of pyridine rings is 2. The predicted octanol–water partition coefficient (Wildman–Crippen LogP) is 2.54. The van der Waals surface area contributed by atoms with E-state index in [2.05, 4.69) is 15.0 Å². The standard InChI is InChI=1S/C20H14F2N4O4S/c1-10-18(15(6-7-23-10)31(2,29)30)26-19-11(9-24-20(26)28)8-13(22)17(25-19)16-12(21)4-3-5-14(16)27/h3-9,27H,1-2H3. The SMILES string of the molecule is Cc1nccc(S(C)(=O)=O)c1-n1c(=O)ncc2cc(F)c(-c3c(O)cccc3F)nc21. The minimum atomic E-state index is -3.80. The van der Waals surface area contributed by atoms with Gasteiger partial charge in [0.25, 0.3) is 0 Å². The molecule has 0 unspecified atom stereocenters. The van der Waals surface area contributed by atoms with E-state index in [9.17, 15) is 27.1 Å². The molecule has 0 amide bonds. The maximum absolute atomic E-state index is 14.8. The summed E-state index contributed by atoms with van der Waals surface area (Å²) < 4.78 is 54.7. The minimum absolute atomic E-state index is 0.0550. The number of sulfone groups is 1. The number of aryl methyl sites for hydroxylation is 1. The lowest BCUT2D eigenvalue weighted by atomic mass is 10.1. The van der Waals surface area contributed by atoms with Crippen molar-refractivity contribution in [2.24, 2.45) is 0 Å². The highest BCUT2D eigenvalue weighted by Gasteiger charge is 2.23. The Morgan fingerprint density at radius 1 is 1.10 bits per heavy atom. The first-order valence-corrected chi connectivity index (χ1v) is 10.7. The molecule has 1 aromatic carbocycles. The number of rotatable bonds is 3. The number of phenolic OH excluding ortho intramolecular Hbond substituents is 1. The van der Waals surface area contributed by atoms with Crippen molar-refractivity contribution >= 4 is 20.9 Å². The van der Waals surface area contributed by atoms with Gasteiger partial charge in [0.15, 0.2) is 21.3 Å². The average molecular weight is 444 g/mol. The van der Waals surface area contributed by atoms with Gasteiger partial charge < -0.3 is 5.11 Å². The van der Waals surface area contributed by atoms with Gasteiger partial charge in [0.1, 0.15) is 17.3 Å². The van der Waals surface area contributed by atoms with Crippen molar-refractivity contribution in [2.75, 3.05) is 6.26 Å². The van der Waals surface area contributed by atoms with Gasteiger partial charge >= 0.3 is 5.69 Å². The van der Waals surface area contributed by atoms with E-state index in [4.69, 9.17) is 0 Å². The van der Waals surface area contributed by atoms with Crippen LogP contribution in [0.3, 0.4) is 0 Å². The van der Waals surface area contributed by atoms with Gasteiger partial charge in [0.2, 0.25) is 0 Å². The quantitative estimate of drug-likeness (QED) is 0.516. The highest BCUT2D eigenvalue weighted by atomic mass is 32.2. The molecule has 11 heteroatoms. The highest BCUT2D eigenvalue weighted by Crippen LogP contribution is 2.34. The van der Waals surface area contributed by atoms with E-state index in [1.807, 2.05) is 0 Å². The summed E-state index contributed by atoms with van der Waals surface area (Å²) in [7, 11) is -3.80. The van der Waals surface area contributed by atoms with Gasteiger partial charge in [-0.1, -0.05) is 6.07 Å². The van der Waals surface area contributed by atoms with Crippen LogP contribution < -0.4 is 5.69 Å². The molecule has 1 N–H and O–H groups in total. The van der Waals surface area contributed by atoms with Crippen molar-refractivity contribution in [3.8, 4) is 22.7 Å². The lowest BCUT2D eigenvalue weighted by Crippen LogP contribution is -2.25. The normalized spacial score (nSPS) is 11.7. The molecular weight excluding hydrogens is 430 g/mol. The lowest BCUT2D eigenvalue weighted by molar-refractivity contribution is 0.470. The number of phenols is 1. The van der Waals surface area contributed by atoms with E-state index >= 15 is 0 Å². The third-order valence-corrected chi connectivity index (χ3v) is 5.75. The third-order valence-electron chi connectivity index (χ3n) is 4.62. The van der Waals surface area contributed by atoms with Crippen LogP contribution in [0.2, 0.25) is 0 Å². The van der Waals surface area contributed by atoms with Gasteiger partial charge in [0.05, 0.1) is 21.8 Å². The van der Waals surface area contributed by atoms with Crippen molar-refractivity contribution in [2.45, 2.75) is 11.8 Å². The predicted molar refractivity (Wildman–Crippen MR) is 108 cm³/mol. The summed E-state index contributed by atoms with van der Waals surface area (Å²) in [6, 6.07) is 5.61. The number of nitrogens with zero attached hydrogens (tertiary/aromatic N) is 4. The summed E-state index contributed by atoms with van der Waals surface area (Å²) in [5.74, 6) is -2.45. The van der Waals surface area contributed by atoms with Crippen molar-refractivity contribution in [3.63, 3.8) is 0 Å². The van der Waals surface area contributed by atoms with E-state index in [-0.39, 0.29) is 27.3 Å². The molecule has 0 fully saturated rings. The molecular formula is C20H14F2N4O4S. The van der Waals surface area contributed by atoms with E-state index in [0.717, 1.165) is 35.2 Å². The van der Waals surface area contributed by atoms with Crippen molar-refractivity contribution in [3.05, 3.63) is 70.5 Å². The molecule has 0 bridgehead atoms. The molecule has 8 nitrogen and oxygen atoms in total.